The Balaban J connectivity index is 1.85. The van der Waals surface area contributed by atoms with Gasteiger partial charge in [-0.2, -0.15) is 0 Å². The van der Waals surface area contributed by atoms with Crippen LogP contribution in [0.15, 0.2) is 42.9 Å². The molecule has 9 nitrogen and oxygen atoms in total. The number of hydrogen-bond acceptors (Lipinski definition) is 8. The molecule has 1 aromatic carbocycles. The highest BCUT2D eigenvalue weighted by atomic mass is 35.5. The van der Waals surface area contributed by atoms with Gasteiger partial charge in [-0.3, -0.25) is 15.2 Å². The molecule has 3 aromatic rings. The van der Waals surface area contributed by atoms with E-state index >= 15 is 0 Å². The predicted octanol–water partition coefficient (Wildman–Crippen LogP) is 3.87. The maximum atomic E-state index is 12.2. The van der Waals surface area contributed by atoms with Crippen LogP contribution in [0.5, 0.6) is 11.6 Å². The molecule has 2 heterocycles. The third-order valence-corrected chi connectivity index (χ3v) is 5.35. The van der Waals surface area contributed by atoms with Crippen molar-refractivity contribution in [3.05, 3.63) is 69.6 Å². The number of amides is 1. The number of likely N-dealkylation sites (N-methyl/N-ethyl adjacent to an activating group) is 1. The topological polar surface area (TPSA) is 126 Å². The quantitative estimate of drug-likeness (QED) is 0.299. The summed E-state index contributed by atoms with van der Waals surface area (Å²) in [6.07, 6.45) is 4.45. The van der Waals surface area contributed by atoms with Gasteiger partial charge in [0, 0.05) is 41.0 Å². The first-order valence-corrected chi connectivity index (χ1v) is 10.8. The molecule has 0 bridgehead atoms. The van der Waals surface area contributed by atoms with Gasteiger partial charge in [0.25, 0.3) is 0 Å². The lowest BCUT2D eigenvalue weighted by Crippen LogP contribution is -2.27. The van der Waals surface area contributed by atoms with Crippen LogP contribution in [-0.4, -0.2) is 54.2 Å². The van der Waals surface area contributed by atoms with Crippen molar-refractivity contribution in [2.24, 2.45) is 0 Å². The molecule has 0 fully saturated rings. The van der Waals surface area contributed by atoms with E-state index in [1.165, 1.54) is 25.7 Å². The Morgan fingerprint density at radius 1 is 1.18 bits per heavy atom. The van der Waals surface area contributed by atoms with Crippen molar-refractivity contribution in [1.29, 1.82) is 5.41 Å². The molecular weight excluding hydrogens is 479 g/mol. The molecule has 0 aliphatic rings. The van der Waals surface area contributed by atoms with Crippen LogP contribution in [-0.2, 0) is 11.4 Å². The molecule has 4 N–H and O–H groups in total. The lowest BCUT2D eigenvalue weighted by Gasteiger charge is -2.15. The highest BCUT2D eigenvalue weighted by molar-refractivity contribution is 6.35. The van der Waals surface area contributed by atoms with Gasteiger partial charge in [-0.1, -0.05) is 23.2 Å². The Morgan fingerprint density at radius 2 is 1.88 bits per heavy atom. The van der Waals surface area contributed by atoms with Crippen molar-refractivity contribution < 1.29 is 14.3 Å². The van der Waals surface area contributed by atoms with Gasteiger partial charge >= 0.3 is 0 Å². The molecular formula is C23H24Cl2N6O3. The van der Waals surface area contributed by atoms with E-state index in [2.05, 4.69) is 15.3 Å². The van der Waals surface area contributed by atoms with Gasteiger partial charge in [-0.15, -0.1) is 0 Å². The number of halogens is 2. The predicted molar refractivity (Wildman–Crippen MR) is 133 cm³/mol. The van der Waals surface area contributed by atoms with E-state index in [9.17, 15) is 4.79 Å². The molecule has 2 aromatic heterocycles. The van der Waals surface area contributed by atoms with E-state index in [1.807, 2.05) is 0 Å². The maximum Gasteiger partial charge on any atom is 0.238 e. The first kappa shape index (κ1) is 25.2. The summed E-state index contributed by atoms with van der Waals surface area (Å²) in [6, 6.07) is 6.60. The van der Waals surface area contributed by atoms with Gasteiger partial charge in [0.1, 0.15) is 18.0 Å². The fourth-order valence-electron chi connectivity index (χ4n) is 3.05. The Morgan fingerprint density at radius 3 is 2.53 bits per heavy atom. The average Bonchev–Trinajstić information content (AvgIpc) is 2.78. The molecule has 11 heteroatoms. The van der Waals surface area contributed by atoms with E-state index in [0.717, 1.165) is 0 Å². The number of anilines is 2. The number of carbonyl (C=O) groups is 1. The summed E-state index contributed by atoms with van der Waals surface area (Å²) >= 11 is 12.3. The molecule has 0 aliphatic heterocycles. The average molecular weight is 503 g/mol. The number of hydrogen-bond donors (Lipinski definition) is 3. The second-order valence-corrected chi connectivity index (χ2v) is 8.38. The minimum atomic E-state index is -0.239. The van der Waals surface area contributed by atoms with Crippen LogP contribution < -0.4 is 20.5 Å². The van der Waals surface area contributed by atoms with Crippen LogP contribution in [0.4, 0.5) is 11.4 Å². The minimum absolute atomic E-state index is 0.0983. The highest BCUT2D eigenvalue weighted by Gasteiger charge is 2.16. The third kappa shape index (κ3) is 6.13. The van der Waals surface area contributed by atoms with Crippen LogP contribution in [0.3, 0.4) is 0 Å². The molecule has 0 atom stereocenters. The van der Waals surface area contributed by atoms with Crippen LogP contribution in [0.2, 0.25) is 10.0 Å². The minimum Gasteiger partial charge on any atom is -0.489 e. The first-order chi connectivity index (χ1) is 16.2. The van der Waals surface area contributed by atoms with Crippen molar-refractivity contribution in [3.8, 4) is 11.6 Å². The van der Waals surface area contributed by atoms with Crippen molar-refractivity contribution >= 4 is 46.2 Å². The number of nitrogens with one attached hydrogen (secondary N) is 2. The van der Waals surface area contributed by atoms with Crippen molar-refractivity contribution in [2.75, 3.05) is 38.8 Å². The molecule has 0 radical (unpaired) electrons. The Hall–Kier alpha value is -3.40. The largest absolute Gasteiger partial charge is 0.489 e. The number of nitrogens with two attached hydrogens (primary N) is 1. The Bertz CT molecular complexity index is 1200. The Kier molecular flexibility index (Phi) is 8.27. The van der Waals surface area contributed by atoms with Crippen LogP contribution in [0, 0.1) is 5.41 Å². The molecule has 0 saturated heterocycles. The zero-order valence-electron chi connectivity index (χ0n) is 18.9. The number of aromatic nitrogens is 2. The number of pyridine rings is 2. The summed E-state index contributed by atoms with van der Waals surface area (Å²) in [5.41, 5.74) is 8.45. The van der Waals surface area contributed by atoms with Crippen LogP contribution in [0.25, 0.3) is 0 Å². The van der Waals surface area contributed by atoms with Crippen molar-refractivity contribution in [2.45, 2.75) is 6.61 Å². The summed E-state index contributed by atoms with van der Waals surface area (Å²) in [6.45, 7) is 0.297. The number of rotatable bonds is 9. The maximum absolute atomic E-state index is 12.2. The fraction of sp³-hybridized carbons (Fsp3) is 0.217. The zero-order valence-corrected chi connectivity index (χ0v) is 20.4. The number of nitrogens with zero attached hydrogens (tertiary/aromatic N) is 3. The third-order valence-electron chi connectivity index (χ3n) is 4.70. The van der Waals surface area contributed by atoms with Gasteiger partial charge in [-0.25, -0.2) is 4.98 Å². The van der Waals surface area contributed by atoms with Gasteiger partial charge in [0.15, 0.2) is 0 Å². The number of nitrogen functional groups attached to an aromatic ring is 1. The summed E-state index contributed by atoms with van der Waals surface area (Å²) in [4.78, 5) is 22.1. The molecule has 178 valence electrons. The molecule has 0 unspecified atom stereocenters. The van der Waals surface area contributed by atoms with Crippen molar-refractivity contribution in [1.82, 2.24) is 14.9 Å². The molecule has 0 spiro atoms. The monoisotopic (exact) mass is 502 g/mol. The lowest BCUT2D eigenvalue weighted by atomic mass is 10.0. The van der Waals surface area contributed by atoms with E-state index in [0.29, 0.717) is 43.9 Å². The smallest absolute Gasteiger partial charge is 0.238 e. The molecule has 0 saturated carbocycles. The summed E-state index contributed by atoms with van der Waals surface area (Å²) in [5.74, 6) is 0.468. The zero-order chi connectivity index (χ0) is 24.8. The summed E-state index contributed by atoms with van der Waals surface area (Å²) < 4.78 is 11.1. The number of methoxy groups -OCH3 is 1. The number of carbonyl (C=O) groups excluding carboxylic acids is 1. The second-order valence-electron chi connectivity index (χ2n) is 7.56. The Labute approximate surface area is 207 Å². The SMILES string of the molecule is COc1ncc(C(=N)c2cc(OCc3c(Cl)cncc3Cl)ccc2N)cc1NC(=O)CN(C)C. The van der Waals surface area contributed by atoms with Gasteiger partial charge in [0.05, 0.1) is 29.4 Å². The molecule has 0 aliphatic carbocycles. The van der Waals surface area contributed by atoms with E-state index in [-0.39, 0.29) is 30.7 Å². The van der Waals surface area contributed by atoms with Crippen LogP contribution >= 0.6 is 23.2 Å². The number of benzene rings is 1. The first-order valence-electron chi connectivity index (χ1n) is 10.1. The van der Waals surface area contributed by atoms with Crippen molar-refractivity contribution in [3.63, 3.8) is 0 Å². The van der Waals surface area contributed by atoms with Gasteiger partial charge < -0.3 is 25.4 Å². The lowest BCUT2D eigenvalue weighted by molar-refractivity contribution is -0.116. The summed E-state index contributed by atoms with van der Waals surface area (Å²) in [5, 5.41) is 12.3. The molecule has 3 rings (SSSR count). The van der Waals surface area contributed by atoms with Crippen LogP contribution in [0.1, 0.15) is 16.7 Å². The second kappa shape index (κ2) is 11.1. The standard InChI is InChI=1S/C23H24Cl2N6O3/c1-31(2)11-21(32)30-20-6-13(8-29-23(20)33-3)22(27)15-7-14(4-5-19(15)26)34-12-16-17(24)9-28-10-18(16)25/h4-10,27H,11-12,26H2,1-3H3,(H,30,32). The number of ether oxygens (including phenoxy) is 2. The van der Waals surface area contributed by atoms with E-state index in [4.69, 9.17) is 43.8 Å². The van der Waals surface area contributed by atoms with Gasteiger partial charge in [0.2, 0.25) is 11.8 Å². The van der Waals surface area contributed by atoms with E-state index < -0.39 is 0 Å². The summed E-state index contributed by atoms with van der Waals surface area (Å²) in [7, 11) is 5.03. The fourth-order valence-corrected chi connectivity index (χ4v) is 3.52. The van der Waals surface area contributed by atoms with E-state index in [1.54, 1.807) is 43.3 Å². The highest BCUT2D eigenvalue weighted by Crippen LogP contribution is 2.29. The normalized spacial score (nSPS) is 10.8. The van der Waals surface area contributed by atoms with Gasteiger partial charge in [-0.05, 0) is 38.4 Å². The molecule has 1 amide bonds. The molecule has 34 heavy (non-hydrogen) atoms.